The molecule has 0 unspecified atom stereocenters. The zero-order chi connectivity index (χ0) is 23.4. The first kappa shape index (κ1) is 23.3. The number of carbonyl (C=O) groups is 3. The minimum absolute atomic E-state index is 0.0788. The first-order valence-corrected chi connectivity index (χ1v) is 10.6. The summed E-state index contributed by atoms with van der Waals surface area (Å²) in [5.74, 6) is -0.203. The number of likely N-dealkylation sites (N-methyl/N-ethyl adjacent to an activating group) is 1. The number of anilines is 1. The predicted octanol–water partition coefficient (Wildman–Crippen LogP) is 3.10. The van der Waals surface area contributed by atoms with E-state index in [2.05, 4.69) is 10.6 Å². The molecule has 1 heterocycles. The standard InChI is InChI=1S/C24H30N4O4/c1-15-13-21(26-24(31)32)20-14-19(9-10-22(20)28(15)16(2)29)17-5-7-18(8-6-17)23(30)25-11-12-27(3)4/h5-10,14-15,21,26H,11-13H2,1-4H3,(H,25,30)(H,31,32)/t15-,21+/m0/s1. The van der Waals surface area contributed by atoms with E-state index in [1.54, 1.807) is 17.0 Å². The Balaban J connectivity index is 1.87. The molecule has 0 radical (unpaired) electrons. The van der Waals surface area contributed by atoms with Crippen LogP contribution in [0.4, 0.5) is 10.5 Å². The summed E-state index contributed by atoms with van der Waals surface area (Å²) in [4.78, 5) is 39.6. The molecule has 3 rings (SSSR count). The van der Waals surface area contributed by atoms with Gasteiger partial charge in [0.15, 0.2) is 0 Å². The third-order valence-corrected chi connectivity index (χ3v) is 5.64. The minimum Gasteiger partial charge on any atom is -0.465 e. The lowest BCUT2D eigenvalue weighted by Crippen LogP contribution is -2.45. The molecule has 8 nitrogen and oxygen atoms in total. The van der Waals surface area contributed by atoms with E-state index in [-0.39, 0.29) is 17.9 Å². The summed E-state index contributed by atoms with van der Waals surface area (Å²) in [6.07, 6.45) is -0.603. The van der Waals surface area contributed by atoms with Crippen molar-refractivity contribution in [1.82, 2.24) is 15.5 Å². The van der Waals surface area contributed by atoms with E-state index >= 15 is 0 Å². The smallest absolute Gasteiger partial charge is 0.405 e. The molecule has 0 saturated heterocycles. The van der Waals surface area contributed by atoms with Crippen LogP contribution in [0.25, 0.3) is 11.1 Å². The predicted molar refractivity (Wildman–Crippen MR) is 124 cm³/mol. The molecule has 32 heavy (non-hydrogen) atoms. The van der Waals surface area contributed by atoms with Crippen LogP contribution in [0, 0.1) is 0 Å². The van der Waals surface area contributed by atoms with Crippen LogP contribution >= 0.6 is 0 Å². The second kappa shape index (κ2) is 9.82. The highest BCUT2D eigenvalue weighted by atomic mass is 16.4. The van der Waals surface area contributed by atoms with E-state index in [1.165, 1.54) is 6.92 Å². The number of rotatable bonds is 6. The molecule has 0 fully saturated rings. The van der Waals surface area contributed by atoms with Crippen LogP contribution in [0.15, 0.2) is 42.5 Å². The van der Waals surface area contributed by atoms with Gasteiger partial charge >= 0.3 is 6.09 Å². The zero-order valence-corrected chi connectivity index (χ0v) is 18.9. The van der Waals surface area contributed by atoms with E-state index in [0.717, 1.165) is 28.9 Å². The summed E-state index contributed by atoms with van der Waals surface area (Å²) >= 11 is 0. The lowest BCUT2D eigenvalue weighted by Gasteiger charge is -2.39. The Morgan fingerprint density at radius 1 is 1.09 bits per heavy atom. The maximum absolute atomic E-state index is 12.3. The molecule has 2 aromatic rings. The number of carbonyl (C=O) groups excluding carboxylic acids is 2. The van der Waals surface area contributed by atoms with E-state index in [1.807, 2.05) is 56.3 Å². The van der Waals surface area contributed by atoms with E-state index < -0.39 is 12.1 Å². The number of benzene rings is 2. The molecule has 0 spiro atoms. The summed E-state index contributed by atoms with van der Waals surface area (Å²) < 4.78 is 0. The van der Waals surface area contributed by atoms with Gasteiger partial charge in [0, 0.05) is 37.3 Å². The molecule has 0 saturated carbocycles. The lowest BCUT2D eigenvalue weighted by atomic mass is 9.89. The number of hydrogen-bond acceptors (Lipinski definition) is 4. The molecule has 1 aliphatic heterocycles. The average Bonchev–Trinajstić information content (AvgIpc) is 2.72. The number of nitrogens with zero attached hydrogens (tertiary/aromatic N) is 2. The average molecular weight is 439 g/mol. The maximum Gasteiger partial charge on any atom is 0.405 e. The summed E-state index contributed by atoms with van der Waals surface area (Å²) in [7, 11) is 3.90. The van der Waals surface area contributed by atoms with Gasteiger partial charge in [-0.05, 0) is 68.4 Å². The first-order valence-electron chi connectivity index (χ1n) is 10.6. The van der Waals surface area contributed by atoms with Gasteiger partial charge in [0.25, 0.3) is 5.91 Å². The van der Waals surface area contributed by atoms with Gasteiger partial charge in [-0.15, -0.1) is 0 Å². The Morgan fingerprint density at radius 2 is 1.75 bits per heavy atom. The number of fused-ring (bicyclic) bond motifs is 1. The second-order valence-electron chi connectivity index (χ2n) is 8.39. The highest BCUT2D eigenvalue weighted by Crippen LogP contribution is 2.39. The van der Waals surface area contributed by atoms with Crippen LogP contribution in [0.5, 0.6) is 0 Å². The molecule has 170 valence electrons. The topological polar surface area (TPSA) is 102 Å². The fraction of sp³-hybridized carbons (Fsp3) is 0.375. The fourth-order valence-corrected chi connectivity index (χ4v) is 4.12. The van der Waals surface area contributed by atoms with Crippen molar-refractivity contribution in [2.45, 2.75) is 32.4 Å². The van der Waals surface area contributed by atoms with Gasteiger partial charge in [0.1, 0.15) is 0 Å². The van der Waals surface area contributed by atoms with Gasteiger partial charge in [-0.25, -0.2) is 4.79 Å². The first-order chi connectivity index (χ1) is 15.2. The second-order valence-corrected chi connectivity index (χ2v) is 8.39. The molecule has 0 aliphatic carbocycles. The van der Waals surface area contributed by atoms with Gasteiger partial charge in [-0.3, -0.25) is 9.59 Å². The Hall–Kier alpha value is -3.39. The van der Waals surface area contributed by atoms with Gasteiger partial charge in [-0.1, -0.05) is 18.2 Å². The van der Waals surface area contributed by atoms with Crippen molar-refractivity contribution < 1.29 is 19.5 Å². The molecule has 2 atom stereocenters. The Labute approximate surface area is 188 Å². The molecule has 2 aromatic carbocycles. The van der Waals surface area contributed by atoms with Gasteiger partial charge in [0.2, 0.25) is 5.91 Å². The van der Waals surface area contributed by atoms with E-state index in [9.17, 15) is 19.5 Å². The number of hydrogen-bond donors (Lipinski definition) is 3. The van der Waals surface area contributed by atoms with Crippen molar-refractivity contribution in [2.75, 3.05) is 32.1 Å². The quantitative estimate of drug-likeness (QED) is 0.643. The van der Waals surface area contributed by atoms with Gasteiger partial charge < -0.3 is 25.5 Å². The van der Waals surface area contributed by atoms with Crippen LogP contribution in [-0.2, 0) is 4.79 Å². The molecule has 3 amide bonds. The molecule has 0 aromatic heterocycles. The van der Waals surface area contributed by atoms with Crippen molar-refractivity contribution in [3.05, 3.63) is 53.6 Å². The molecular formula is C24H30N4O4. The largest absolute Gasteiger partial charge is 0.465 e. The van der Waals surface area contributed by atoms with Gasteiger partial charge in [0.05, 0.1) is 6.04 Å². The number of nitrogens with one attached hydrogen (secondary N) is 2. The van der Waals surface area contributed by atoms with Crippen LogP contribution in [0.1, 0.15) is 42.2 Å². The van der Waals surface area contributed by atoms with Crippen molar-refractivity contribution in [3.8, 4) is 11.1 Å². The monoisotopic (exact) mass is 438 g/mol. The van der Waals surface area contributed by atoms with E-state index in [4.69, 9.17) is 0 Å². The third kappa shape index (κ3) is 5.26. The minimum atomic E-state index is -1.10. The van der Waals surface area contributed by atoms with Gasteiger partial charge in [-0.2, -0.15) is 0 Å². The molecule has 1 aliphatic rings. The zero-order valence-electron chi connectivity index (χ0n) is 18.9. The fourth-order valence-electron chi connectivity index (χ4n) is 4.12. The van der Waals surface area contributed by atoms with Crippen molar-refractivity contribution in [1.29, 1.82) is 0 Å². The number of amides is 3. The maximum atomic E-state index is 12.3. The Kier molecular flexibility index (Phi) is 7.15. The summed E-state index contributed by atoms with van der Waals surface area (Å²) in [5.41, 5.74) is 3.85. The normalized spacial score (nSPS) is 17.6. The lowest BCUT2D eigenvalue weighted by molar-refractivity contribution is -0.117. The molecule has 3 N–H and O–H groups in total. The summed E-state index contributed by atoms with van der Waals surface area (Å²) in [5, 5.41) is 14.8. The van der Waals surface area contributed by atoms with Crippen molar-refractivity contribution in [3.63, 3.8) is 0 Å². The SMILES string of the molecule is CC(=O)N1c2ccc(-c3ccc(C(=O)NCCN(C)C)cc3)cc2[C@H](NC(=O)O)C[C@@H]1C. The highest BCUT2D eigenvalue weighted by molar-refractivity contribution is 5.95. The Morgan fingerprint density at radius 3 is 2.34 bits per heavy atom. The van der Waals surface area contributed by atoms with Crippen LogP contribution in [-0.4, -0.2) is 61.1 Å². The highest BCUT2D eigenvalue weighted by Gasteiger charge is 2.33. The summed E-state index contributed by atoms with van der Waals surface area (Å²) in [6, 6.07) is 12.5. The third-order valence-electron chi connectivity index (χ3n) is 5.64. The molecular weight excluding hydrogens is 408 g/mol. The van der Waals surface area contributed by atoms with Crippen LogP contribution < -0.4 is 15.5 Å². The molecule has 0 bridgehead atoms. The van der Waals surface area contributed by atoms with E-state index in [0.29, 0.717) is 18.5 Å². The van der Waals surface area contributed by atoms with Crippen molar-refractivity contribution in [2.24, 2.45) is 0 Å². The van der Waals surface area contributed by atoms with Crippen LogP contribution in [0.2, 0.25) is 0 Å². The number of carboxylic acid groups (broad SMARTS) is 1. The summed E-state index contributed by atoms with van der Waals surface area (Å²) in [6.45, 7) is 4.76. The van der Waals surface area contributed by atoms with Crippen LogP contribution in [0.3, 0.4) is 0 Å². The van der Waals surface area contributed by atoms with Crippen molar-refractivity contribution >= 4 is 23.6 Å². The molecule has 8 heteroatoms. The Bertz CT molecular complexity index is 1000.